The molecule has 0 radical (unpaired) electrons. The fraction of sp³-hybridized carbons (Fsp3) is 0.700. The van der Waals surface area contributed by atoms with Crippen molar-refractivity contribution < 1.29 is 4.92 Å². The summed E-state index contributed by atoms with van der Waals surface area (Å²) in [5.74, 6) is 0.451. The summed E-state index contributed by atoms with van der Waals surface area (Å²) in [5, 5.41) is 14.9. The summed E-state index contributed by atoms with van der Waals surface area (Å²) >= 11 is 0. The topological polar surface area (TPSA) is 87.0 Å². The molecule has 6 heteroatoms. The zero-order valence-electron chi connectivity index (χ0n) is 9.67. The monoisotopic (exact) mass is 224 g/mol. The molecule has 0 aliphatic heterocycles. The van der Waals surface area contributed by atoms with Gasteiger partial charge in [0, 0.05) is 13.0 Å². The molecule has 1 aliphatic rings. The molecule has 1 aliphatic carbocycles. The van der Waals surface area contributed by atoms with Crippen molar-refractivity contribution >= 4 is 5.69 Å². The Hall–Kier alpha value is -1.43. The molecule has 1 heterocycles. The summed E-state index contributed by atoms with van der Waals surface area (Å²) in [6, 6.07) is 0. The molecule has 0 aromatic carbocycles. The van der Waals surface area contributed by atoms with E-state index in [9.17, 15) is 10.1 Å². The first-order valence-corrected chi connectivity index (χ1v) is 5.27. The van der Waals surface area contributed by atoms with E-state index >= 15 is 0 Å². The Balaban J connectivity index is 2.42. The molecule has 16 heavy (non-hydrogen) atoms. The van der Waals surface area contributed by atoms with Crippen LogP contribution in [0.3, 0.4) is 0 Å². The fourth-order valence-electron chi connectivity index (χ4n) is 2.66. The van der Waals surface area contributed by atoms with Crippen LogP contribution in [-0.4, -0.2) is 21.2 Å². The van der Waals surface area contributed by atoms with Crippen LogP contribution in [0.4, 0.5) is 5.69 Å². The molecular formula is C10H16N4O2. The van der Waals surface area contributed by atoms with Gasteiger partial charge in [-0.3, -0.25) is 14.8 Å². The largest absolute Gasteiger partial charge is 0.330 e. The first kappa shape index (κ1) is 11.1. The Kier molecular flexibility index (Phi) is 2.27. The van der Waals surface area contributed by atoms with Gasteiger partial charge in [-0.1, -0.05) is 13.8 Å². The maximum absolute atomic E-state index is 10.9. The van der Waals surface area contributed by atoms with Crippen molar-refractivity contribution in [1.82, 2.24) is 9.78 Å². The molecule has 2 atom stereocenters. The van der Waals surface area contributed by atoms with Gasteiger partial charge in [-0.25, -0.2) is 0 Å². The second-order valence-electron chi connectivity index (χ2n) is 4.94. The number of nitrogens with two attached hydrogens (primary N) is 1. The van der Waals surface area contributed by atoms with E-state index < -0.39 is 0 Å². The minimum Gasteiger partial charge on any atom is -0.330 e. The number of rotatable bonds is 3. The van der Waals surface area contributed by atoms with E-state index in [4.69, 9.17) is 5.73 Å². The van der Waals surface area contributed by atoms with E-state index in [-0.39, 0.29) is 21.9 Å². The van der Waals surface area contributed by atoms with E-state index in [1.807, 2.05) is 0 Å². The van der Waals surface area contributed by atoms with Crippen LogP contribution in [0.1, 0.15) is 25.5 Å². The van der Waals surface area contributed by atoms with Gasteiger partial charge in [0.2, 0.25) is 0 Å². The molecule has 0 saturated heterocycles. The lowest BCUT2D eigenvalue weighted by Gasteiger charge is -2.02. The van der Waals surface area contributed by atoms with Gasteiger partial charge in [-0.2, -0.15) is 5.10 Å². The summed E-state index contributed by atoms with van der Waals surface area (Å²) in [6.45, 7) is 4.73. The molecule has 2 unspecified atom stereocenters. The van der Waals surface area contributed by atoms with Gasteiger partial charge in [0.15, 0.2) is 0 Å². The Bertz CT molecular complexity index is 438. The van der Waals surface area contributed by atoms with E-state index in [0.717, 1.165) is 0 Å². The highest BCUT2D eigenvalue weighted by atomic mass is 16.6. The highest BCUT2D eigenvalue weighted by Crippen LogP contribution is 2.64. The van der Waals surface area contributed by atoms with E-state index in [0.29, 0.717) is 18.2 Å². The lowest BCUT2D eigenvalue weighted by Crippen LogP contribution is -2.06. The van der Waals surface area contributed by atoms with Gasteiger partial charge in [-0.05, 0) is 17.9 Å². The van der Waals surface area contributed by atoms with Crippen LogP contribution in [0, 0.1) is 21.4 Å². The lowest BCUT2D eigenvalue weighted by atomic mass is 10.1. The van der Waals surface area contributed by atoms with Crippen LogP contribution in [0.15, 0.2) is 6.20 Å². The quantitative estimate of drug-likeness (QED) is 0.613. The number of hydrogen-bond donors (Lipinski definition) is 1. The van der Waals surface area contributed by atoms with E-state index in [1.54, 1.807) is 11.7 Å². The first-order valence-electron chi connectivity index (χ1n) is 5.27. The number of nitrogens with zero attached hydrogens (tertiary/aromatic N) is 3. The standard InChI is InChI=1S/C10H16N4O2/c1-10(2)6(4-11)8(10)9-7(14(15)16)5-12-13(9)3/h5-6,8H,4,11H2,1-3H3. The Labute approximate surface area is 93.6 Å². The zero-order valence-corrected chi connectivity index (χ0v) is 9.67. The summed E-state index contributed by atoms with van der Waals surface area (Å²) < 4.78 is 1.60. The van der Waals surface area contributed by atoms with Crippen molar-refractivity contribution in [3.8, 4) is 0 Å². The summed E-state index contributed by atoms with van der Waals surface area (Å²) in [7, 11) is 1.74. The van der Waals surface area contributed by atoms with Crippen LogP contribution in [0.2, 0.25) is 0 Å². The van der Waals surface area contributed by atoms with Gasteiger partial charge in [-0.15, -0.1) is 0 Å². The summed E-state index contributed by atoms with van der Waals surface area (Å²) in [4.78, 5) is 10.5. The highest BCUT2D eigenvalue weighted by Gasteiger charge is 2.60. The summed E-state index contributed by atoms with van der Waals surface area (Å²) in [6.07, 6.45) is 1.32. The molecule has 2 N–H and O–H groups in total. The average Bonchev–Trinajstić information content (AvgIpc) is 2.53. The van der Waals surface area contributed by atoms with Crippen LogP contribution >= 0.6 is 0 Å². The number of hydrogen-bond acceptors (Lipinski definition) is 4. The lowest BCUT2D eigenvalue weighted by molar-refractivity contribution is -0.385. The van der Waals surface area contributed by atoms with Crippen LogP contribution < -0.4 is 5.73 Å². The summed E-state index contributed by atoms with van der Waals surface area (Å²) in [5.41, 5.74) is 6.53. The van der Waals surface area contributed by atoms with E-state index in [1.165, 1.54) is 6.20 Å². The number of aromatic nitrogens is 2. The van der Waals surface area contributed by atoms with E-state index in [2.05, 4.69) is 18.9 Å². The maximum Gasteiger partial charge on any atom is 0.310 e. The molecular weight excluding hydrogens is 208 g/mol. The van der Waals surface area contributed by atoms with Crippen LogP contribution in [0.25, 0.3) is 0 Å². The molecule has 6 nitrogen and oxygen atoms in total. The van der Waals surface area contributed by atoms with Crippen molar-refractivity contribution in [2.24, 2.45) is 24.1 Å². The smallest absolute Gasteiger partial charge is 0.310 e. The van der Waals surface area contributed by atoms with Crippen molar-refractivity contribution in [2.75, 3.05) is 6.54 Å². The molecule has 1 fully saturated rings. The first-order chi connectivity index (χ1) is 7.41. The predicted molar refractivity (Wildman–Crippen MR) is 58.9 cm³/mol. The van der Waals surface area contributed by atoms with Crippen molar-refractivity contribution in [3.63, 3.8) is 0 Å². The van der Waals surface area contributed by atoms with Crippen LogP contribution in [0.5, 0.6) is 0 Å². The highest BCUT2D eigenvalue weighted by molar-refractivity contribution is 5.42. The third kappa shape index (κ3) is 1.33. The molecule has 1 aromatic heterocycles. The van der Waals surface area contributed by atoms with Gasteiger partial charge in [0.05, 0.1) is 4.92 Å². The van der Waals surface area contributed by atoms with Crippen molar-refractivity contribution in [2.45, 2.75) is 19.8 Å². The molecule has 0 amide bonds. The number of aryl methyl sites for hydroxylation is 1. The van der Waals surface area contributed by atoms with Gasteiger partial charge >= 0.3 is 5.69 Å². The third-order valence-corrected chi connectivity index (χ3v) is 3.76. The second-order valence-corrected chi connectivity index (χ2v) is 4.94. The Morgan fingerprint density at radius 1 is 1.69 bits per heavy atom. The molecule has 1 saturated carbocycles. The van der Waals surface area contributed by atoms with Crippen molar-refractivity contribution in [3.05, 3.63) is 22.0 Å². The third-order valence-electron chi connectivity index (χ3n) is 3.76. The molecule has 1 aromatic rings. The zero-order chi connectivity index (χ0) is 12.1. The average molecular weight is 224 g/mol. The number of nitro groups is 1. The molecule has 2 rings (SSSR count). The SMILES string of the molecule is Cn1ncc([N+](=O)[O-])c1C1C(CN)C1(C)C. The predicted octanol–water partition coefficient (Wildman–Crippen LogP) is 1.03. The van der Waals surface area contributed by atoms with Crippen LogP contribution in [-0.2, 0) is 7.05 Å². The van der Waals surface area contributed by atoms with Gasteiger partial charge in [0.1, 0.15) is 11.9 Å². The maximum atomic E-state index is 10.9. The minimum absolute atomic E-state index is 0.0350. The molecule has 88 valence electrons. The normalized spacial score (nSPS) is 26.8. The minimum atomic E-state index is -0.371. The molecule has 0 bridgehead atoms. The second kappa shape index (κ2) is 3.28. The Morgan fingerprint density at radius 3 is 2.75 bits per heavy atom. The van der Waals surface area contributed by atoms with Gasteiger partial charge < -0.3 is 5.73 Å². The Morgan fingerprint density at radius 2 is 2.31 bits per heavy atom. The molecule has 0 spiro atoms. The van der Waals surface area contributed by atoms with Gasteiger partial charge in [0.25, 0.3) is 0 Å². The fourth-order valence-corrected chi connectivity index (χ4v) is 2.66. The van der Waals surface area contributed by atoms with Crippen molar-refractivity contribution in [1.29, 1.82) is 0 Å².